The lowest BCUT2D eigenvalue weighted by Crippen LogP contribution is -2.53. The monoisotopic (exact) mass is 415 g/mol. The smallest absolute Gasteiger partial charge is 0.282 e. The van der Waals surface area contributed by atoms with Crippen LogP contribution in [0, 0.1) is 0 Å². The van der Waals surface area contributed by atoms with Crippen molar-refractivity contribution in [3.05, 3.63) is 35.4 Å². The van der Waals surface area contributed by atoms with E-state index in [1.165, 1.54) is 8.61 Å². The molecule has 2 aliphatic rings. The van der Waals surface area contributed by atoms with Crippen LogP contribution in [0.15, 0.2) is 24.3 Å². The number of benzene rings is 1. The van der Waals surface area contributed by atoms with E-state index in [2.05, 4.69) is 0 Å². The molecular formula is C17H25N3O5S2. The van der Waals surface area contributed by atoms with Gasteiger partial charge in [-0.3, -0.25) is 4.79 Å². The highest BCUT2D eigenvalue weighted by Crippen LogP contribution is 2.19. The van der Waals surface area contributed by atoms with Gasteiger partial charge in [0.05, 0.1) is 5.75 Å². The van der Waals surface area contributed by atoms with Crippen LogP contribution in [0.3, 0.4) is 0 Å². The fraction of sp³-hybridized carbons (Fsp3) is 0.588. The molecule has 0 radical (unpaired) electrons. The molecule has 0 N–H and O–H groups in total. The van der Waals surface area contributed by atoms with E-state index < -0.39 is 20.0 Å². The van der Waals surface area contributed by atoms with E-state index in [-0.39, 0.29) is 24.7 Å². The molecule has 0 spiro atoms. The molecule has 2 fully saturated rings. The van der Waals surface area contributed by atoms with Crippen molar-refractivity contribution in [2.45, 2.75) is 18.6 Å². The van der Waals surface area contributed by atoms with E-state index in [0.29, 0.717) is 37.3 Å². The van der Waals surface area contributed by atoms with E-state index >= 15 is 0 Å². The minimum atomic E-state index is -3.44. The van der Waals surface area contributed by atoms with Crippen molar-refractivity contribution >= 4 is 26.0 Å². The molecule has 3 rings (SSSR count). The molecule has 1 aromatic rings. The van der Waals surface area contributed by atoms with Crippen LogP contribution in [0.2, 0.25) is 0 Å². The normalized spacial score (nSPS) is 20.1. The Morgan fingerprint density at radius 1 is 0.926 bits per heavy atom. The van der Waals surface area contributed by atoms with Gasteiger partial charge in [-0.1, -0.05) is 12.1 Å². The van der Waals surface area contributed by atoms with Gasteiger partial charge in [-0.15, -0.1) is 0 Å². The fourth-order valence-electron chi connectivity index (χ4n) is 3.48. The molecular weight excluding hydrogens is 390 g/mol. The van der Waals surface area contributed by atoms with Crippen molar-refractivity contribution in [1.29, 1.82) is 0 Å². The number of carbonyl (C=O) groups is 1. The van der Waals surface area contributed by atoms with Crippen LogP contribution < -0.4 is 0 Å². The van der Waals surface area contributed by atoms with Gasteiger partial charge in [0, 0.05) is 51.1 Å². The van der Waals surface area contributed by atoms with Crippen LogP contribution in [-0.4, -0.2) is 81.8 Å². The zero-order valence-corrected chi connectivity index (χ0v) is 17.0. The summed E-state index contributed by atoms with van der Waals surface area (Å²) in [6, 6.07) is 6.60. The van der Waals surface area contributed by atoms with E-state index in [1.54, 1.807) is 29.2 Å². The molecule has 0 atom stereocenters. The van der Waals surface area contributed by atoms with Crippen LogP contribution in [0.5, 0.6) is 0 Å². The van der Waals surface area contributed by atoms with Crippen molar-refractivity contribution < 1.29 is 21.6 Å². The van der Waals surface area contributed by atoms with Crippen molar-refractivity contribution in [3.8, 4) is 0 Å². The van der Waals surface area contributed by atoms with Crippen LogP contribution in [0.25, 0.3) is 0 Å². The van der Waals surface area contributed by atoms with Gasteiger partial charge in [-0.05, 0) is 30.5 Å². The van der Waals surface area contributed by atoms with Gasteiger partial charge in [0.25, 0.3) is 16.1 Å². The van der Waals surface area contributed by atoms with Crippen molar-refractivity contribution in [3.63, 3.8) is 0 Å². The predicted octanol–water partition coefficient (Wildman–Crippen LogP) is 0.330. The molecule has 1 amide bonds. The maximum absolute atomic E-state index is 12.7. The van der Waals surface area contributed by atoms with E-state index in [1.807, 2.05) is 0 Å². The molecule has 0 saturated carbocycles. The summed E-state index contributed by atoms with van der Waals surface area (Å²) in [6.07, 6.45) is 2.94. The van der Waals surface area contributed by atoms with Crippen molar-refractivity contribution in [2.24, 2.45) is 0 Å². The number of nitrogens with zero attached hydrogens (tertiary/aromatic N) is 3. The van der Waals surface area contributed by atoms with Crippen molar-refractivity contribution in [2.75, 3.05) is 45.5 Å². The summed E-state index contributed by atoms with van der Waals surface area (Å²) >= 11 is 0. The Bertz CT molecular complexity index is 900. The Labute approximate surface area is 160 Å². The second kappa shape index (κ2) is 7.86. The minimum Gasteiger partial charge on any atom is -0.336 e. The third-order valence-electron chi connectivity index (χ3n) is 4.85. The Hall–Kier alpha value is -1.49. The first-order chi connectivity index (χ1) is 12.7. The number of amides is 1. The highest BCUT2D eigenvalue weighted by molar-refractivity contribution is 7.89. The largest absolute Gasteiger partial charge is 0.336 e. The highest BCUT2D eigenvalue weighted by atomic mass is 32.2. The maximum Gasteiger partial charge on any atom is 0.282 e. The summed E-state index contributed by atoms with van der Waals surface area (Å²) in [5.74, 6) is -0.320. The summed E-state index contributed by atoms with van der Waals surface area (Å²) in [7, 11) is -6.62. The van der Waals surface area contributed by atoms with Gasteiger partial charge in [0.2, 0.25) is 0 Å². The SMILES string of the molecule is CS(=O)(=O)Cc1cccc(C(=O)N2CCN(S(=O)(=O)N3CCCC3)CC2)c1. The van der Waals surface area contributed by atoms with Gasteiger partial charge in [0.1, 0.15) is 0 Å². The third-order valence-corrected chi connectivity index (χ3v) is 7.74. The lowest BCUT2D eigenvalue weighted by atomic mass is 10.1. The molecule has 27 heavy (non-hydrogen) atoms. The second-order valence-corrected chi connectivity index (χ2v) is 11.1. The number of hydrogen-bond acceptors (Lipinski definition) is 5. The Morgan fingerprint density at radius 3 is 2.11 bits per heavy atom. The number of piperazine rings is 1. The average Bonchev–Trinajstić information content (AvgIpc) is 3.15. The third kappa shape index (κ3) is 4.87. The molecule has 0 aromatic heterocycles. The molecule has 2 heterocycles. The van der Waals surface area contributed by atoms with Crippen molar-refractivity contribution in [1.82, 2.24) is 13.5 Å². The molecule has 150 valence electrons. The highest BCUT2D eigenvalue weighted by Gasteiger charge is 2.34. The topological polar surface area (TPSA) is 95.1 Å². The maximum atomic E-state index is 12.7. The average molecular weight is 416 g/mol. The molecule has 0 unspecified atom stereocenters. The lowest BCUT2D eigenvalue weighted by Gasteiger charge is -2.35. The molecule has 1 aromatic carbocycles. The van der Waals surface area contributed by atoms with E-state index in [0.717, 1.165) is 19.1 Å². The van der Waals surface area contributed by atoms with Gasteiger partial charge in [-0.2, -0.15) is 17.0 Å². The molecule has 0 bridgehead atoms. The van der Waals surface area contributed by atoms with Crippen LogP contribution in [-0.2, 0) is 25.8 Å². The summed E-state index contributed by atoms with van der Waals surface area (Å²) < 4.78 is 51.1. The Morgan fingerprint density at radius 2 is 1.52 bits per heavy atom. The first-order valence-electron chi connectivity index (χ1n) is 8.98. The van der Waals surface area contributed by atoms with E-state index in [9.17, 15) is 21.6 Å². The molecule has 8 nitrogen and oxygen atoms in total. The first kappa shape index (κ1) is 20.2. The summed E-state index contributed by atoms with van der Waals surface area (Å²) in [5, 5.41) is 0. The van der Waals surface area contributed by atoms with E-state index in [4.69, 9.17) is 0 Å². The molecule has 2 aliphatic heterocycles. The van der Waals surface area contributed by atoms with Crippen LogP contribution >= 0.6 is 0 Å². The minimum absolute atomic E-state index is 0.115. The van der Waals surface area contributed by atoms with Crippen LogP contribution in [0.4, 0.5) is 0 Å². The molecule has 10 heteroatoms. The van der Waals surface area contributed by atoms with Gasteiger partial charge < -0.3 is 4.90 Å². The number of hydrogen-bond donors (Lipinski definition) is 0. The first-order valence-corrected chi connectivity index (χ1v) is 12.4. The van der Waals surface area contributed by atoms with Crippen LogP contribution in [0.1, 0.15) is 28.8 Å². The summed E-state index contributed by atoms with van der Waals surface area (Å²) in [4.78, 5) is 14.3. The second-order valence-electron chi connectivity index (χ2n) is 7.08. The number of carbonyl (C=O) groups excluding carboxylic acids is 1. The fourth-order valence-corrected chi connectivity index (χ4v) is 5.94. The van der Waals surface area contributed by atoms with Gasteiger partial charge >= 0.3 is 0 Å². The molecule has 2 saturated heterocycles. The summed E-state index contributed by atoms with van der Waals surface area (Å²) in [5.41, 5.74) is 0.991. The quantitative estimate of drug-likeness (QED) is 0.691. The lowest BCUT2D eigenvalue weighted by molar-refractivity contribution is 0.0694. The van der Waals surface area contributed by atoms with Gasteiger partial charge in [-0.25, -0.2) is 8.42 Å². The zero-order valence-electron chi connectivity index (χ0n) is 15.4. The Balaban J connectivity index is 1.64. The Kier molecular flexibility index (Phi) is 5.90. The number of sulfone groups is 1. The zero-order chi connectivity index (χ0) is 19.7. The standard InChI is InChI=1S/C17H25N3O5S2/c1-26(22,23)14-15-5-4-6-16(13-15)17(21)18-9-11-20(12-10-18)27(24,25)19-7-2-3-8-19/h4-6,13H,2-3,7-12,14H2,1H3. The predicted molar refractivity (Wildman–Crippen MR) is 102 cm³/mol. The summed E-state index contributed by atoms with van der Waals surface area (Å²) in [6.45, 7) is 2.31. The number of rotatable bonds is 5. The molecule has 0 aliphatic carbocycles. The van der Waals surface area contributed by atoms with Gasteiger partial charge in [0.15, 0.2) is 9.84 Å².